The molecule has 3 heterocycles. The SMILES string of the molecule is Fc1cccc(C2CN3C=CC(N4CCC4)=NC3=N2)c1. The Labute approximate surface area is 116 Å². The molecule has 0 amide bonds. The second-order valence-electron chi connectivity index (χ2n) is 5.28. The number of likely N-dealkylation sites (tertiary alicyclic amines) is 1. The quantitative estimate of drug-likeness (QED) is 0.783. The van der Waals surface area contributed by atoms with Crippen molar-refractivity contribution in [1.82, 2.24) is 9.80 Å². The van der Waals surface area contributed by atoms with Crippen molar-refractivity contribution < 1.29 is 4.39 Å². The number of fused-ring (bicyclic) bond motifs is 1. The molecule has 5 heteroatoms. The molecule has 4 rings (SSSR count). The van der Waals surface area contributed by atoms with Crippen molar-refractivity contribution in [3.63, 3.8) is 0 Å². The molecule has 102 valence electrons. The molecule has 0 aromatic heterocycles. The number of amidine groups is 1. The second kappa shape index (κ2) is 4.44. The smallest absolute Gasteiger partial charge is 0.227 e. The van der Waals surface area contributed by atoms with Crippen LogP contribution in [-0.4, -0.2) is 41.2 Å². The van der Waals surface area contributed by atoms with Gasteiger partial charge in [0.25, 0.3) is 0 Å². The lowest BCUT2D eigenvalue weighted by atomic mass is 10.1. The fraction of sp³-hybridized carbons (Fsp3) is 0.333. The van der Waals surface area contributed by atoms with Crippen molar-refractivity contribution in [2.45, 2.75) is 12.5 Å². The first-order valence-corrected chi connectivity index (χ1v) is 6.91. The highest BCUT2D eigenvalue weighted by atomic mass is 19.1. The Balaban J connectivity index is 1.60. The maximum atomic E-state index is 13.3. The van der Waals surface area contributed by atoms with Crippen LogP contribution in [0.15, 0.2) is 46.5 Å². The molecular weight excluding hydrogens is 255 g/mol. The van der Waals surface area contributed by atoms with Crippen molar-refractivity contribution in [2.24, 2.45) is 9.98 Å². The van der Waals surface area contributed by atoms with E-state index in [-0.39, 0.29) is 11.9 Å². The van der Waals surface area contributed by atoms with Crippen LogP contribution in [0.3, 0.4) is 0 Å². The van der Waals surface area contributed by atoms with Crippen LogP contribution in [0.4, 0.5) is 4.39 Å². The normalized spacial score (nSPS) is 24.1. The summed E-state index contributed by atoms with van der Waals surface area (Å²) in [5, 5.41) is 0. The van der Waals surface area contributed by atoms with E-state index in [0.29, 0.717) is 0 Å². The van der Waals surface area contributed by atoms with Crippen LogP contribution in [0, 0.1) is 5.82 Å². The average Bonchev–Trinajstić information content (AvgIpc) is 2.80. The molecule has 0 aliphatic carbocycles. The predicted molar refractivity (Wildman–Crippen MR) is 76.0 cm³/mol. The first-order valence-electron chi connectivity index (χ1n) is 6.91. The molecule has 1 aromatic carbocycles. The molecule has 0 bridgehead atoms. The molecule has 1 fully saturated rings. The molecule has 0 N–H and O–H groups in total. The van der Waals surface area contributed by atoms with Gasteiger partial charge in [0, 0.05) is 19.3 Å². The van der Waals surface area contributed by atoms with Crippen LogP contribution in [0.1, 0.15) is 18.0 Å². The number of nitrogens with zero attached hydrogens (tertiary/aromatic N) is 4. The van der Waals surface area contributed by atoms with E-state index in [0.717, 1.165) is 37.0 Å². The Morgan fingerprint density at radius 3 is 2.90 bits per heavy atom. The third kappa shape index (κ3) is 1.90. The van der Waals surface area contributed by atoms with Crippen LogP contribution >= 0.6 is 0 Å². The summed E-state index contributed by atoms with van der Waals surface area (Å²) in [6.45, 7) is 2.87. The van der Waals surface area contributed by atoms with Crippen molar-refractivity contribution >= 4 is 11.8 Å². The van der Waals surface area contributed by atoms with Gasteiger partial charge in [-0.05, 0) is 30.2 Å². The Bertz CT molecular complexity index is 631. The molecule has 1 aromatic rings. The van der Waals surface area contributed by atoms with E-state index in [1.54, 1.807) is 12.1 Å². The van der Waals surface area contributed by atoms with Gasteiger partial charge in [0.15, 0.2) is 0 Å². The zero-order valence-electron chi connectivity index (χ0n) is 11.0. The summed E-state index contributed by atoms with van der Waals surface area (Å²) in [6.07, 6.45) is 5.29. The zero-order valence-corrected chi connectivity index (χ0v) is 11.0. The highest BCUT2D eigenvalue weighted by Gasteiger charge is 2.29. The molecule has 3 aliphatic rings. The number of rotatable bonds is 1. The Hall–Kier alpha value is -2.17. The summed E-state index contributed by atoms with van der Waals surface area (Å²) in [4.78, 5) is 13.5. The predicted octanol–water partition coefficient (Wildman–Crippen LogP) is 2.17. The van der Waals surface area contributed by atoms with Gasteiger partial charge >= 0.3 is 0 Å². The number of hydrogen-bond acceptors (Lipinski definition) is 4. The fourth-order valence-electron chi connectivity index (χ4n) is 2.65. The fourth-order valence-corrected chi connectivity index (χ4v) is 2.65. The van der Waals surface area contributed by atoms with Gasteiger partial charge in [0.1, 0.15) is 11.7 Å². The van der Waals surface area contributed by atoms with Gasteiger partial charge in [-0.25, -0.2) is 9.38 Å². The van der Waals surface area contributed by atoms with Crippen LogP contribution in [0.25, 0.3) is 0 Å². The highest BCUT2D eigenvalue weighted by molar-refractivity contribution is 6.05. The molecule has 1 saturated heterocycles. The summed E-state index contributed by atoms with van der Waals surface area (Å²) < 4.78 is 13.3. The third-order valence-electron chi connectivity index (χ3n) is 3.93. The number of benzene rings is 1. The van der Waals surface area contributed by atoms with E-state index >= 15 is 0 Å². The topological polar surface area (TPSA) is 31.2 Å². The van der Waals surface area contributed by atoms with E-state index in [1.807, 2.05) is 23.2 Å². The molecule has 20 heavy (non-hydrogen) atoms. The van der Waals surface area contributed by atoms with Crippen LogP contribution in [0.2, 0.25) is 0 Å². The molecule has 1 unspecified atom stereocenters. The van der Waals surface area contributed by atoms with Gasteiger partial charge in [-0.1, -0.05) is 12.1 Å². The number of halogens is 1. The molecule has 0 spiro atoms. The van der Waals surface area contributed by atoms with Crippen LogP contribution in [0.5, 0.6) is 0 Å². The molecule has 0 saturated carbocycles. The van der Waals surface area contributed by atoms with E-state index in [4.69, 9.17) is 0 Å². The molecule has 4 nitrogen and oxygen atoms in total. The third-order valence-corrected chi connectivity index (χ3v) is 3.93. The van der Waals surface area contributed by atoms with Crippen LogP contribution in [-0.2, 0) is 0 Å². The lowest BCUT2D eigenvalue weighted by Crippen LogP contribution is -2.43. The Morgan fingerprint density at radius 2 is 2.15 bits per heavy atom. The first kappa shape index (κ1) is 11.6. The molecular formula is C15H15FN4. The van der Waals surface area contributed by atoms with Gasteiger partial charge in [-0.2, -0.15) is 4.99 Å². The molecule has 0 radical (unpaired) electrons. The van der Waals surface area contributed by atoms with Gasteiger partial charge < -0.3 is 9.80 Å². The number of aliphatic imine (C=N–C) groups is 2. The number of guanidine groups is 1. The Kier molecular flexibility index (Phi) is 2.58. The van der Waals surface area contributed by atoms with Gasteiger partial charge in [0.05, 0.1) is 12.6 Å². The zero-order chi connectivity index (χ0) is 13.5. The monoisotopic (exact) mass is 270 g/mol. The van der Waals surface area contributed by atoms with E-state index in [9.17, 15) is 4.39 Å². The number of hydrogen-bond donors (Lipinski definition) is 0. The van der Waals surface area contributed by atoms with E-state index in [1.165, 1.54) is 12.5 Å². The van der Waals surface area contributed by atoms with Gasteiger partial charge in [-0.15, -0.1) is 0 Å². The summed E-state index contributed by atoms with van der Waals surface area (Å²) in [5.74, 6) is 1.52. The van der Waals surface area contributed by atoms with Gasteiger partial charge in [-0.3, -0.25) is 0 Å². The van der Waals surface area contributed by atoms with E-state index in [2.05, 4.69) is 14.9 Å². The lowest BCUT2D eigenvalue weighted by molar-refractivity contribution is 0.301. The van der Waals surface area contributed by atoms with Gasteiger partial charge in [0.2, 0.25) is 5.96 Å². The minimum absolute atomic E-state index is 0.0372. The maximum absolute atomic E-state index is 13.3. The standard InChI is InChI=1S/C15H15FN4/c16-12-4-1-3-11(9-12)13-10-20-8-5-14(18-15(20)17-13)19-6-2-7-19/h1,3-5,8-9,13H,2,6-7,10H2. The first-order chi connectivity index (χ1) is 9.79. The second-order valence-corrected chi connectivity index (χ2v) is 5.28. The summed E-state index contributed by atoms with van der Waals surface area (Å²) in [6, 6.07) is 6.62. The van der Waals surface area contributed by atoms with Crippen LogP contribution < -0.4 is 0 Å². The summed E-state index contributed by atoms with van der Waals surface area (Å²) in [5.41, 5.74) is 0.904. The summed E-state index contributed by atoms with van der Waals surface area (Å²) >= 11 is 0. The largest absolute Gasteiger partial charge is 0.356 e. The molecule has 3 aliphatic heterocycles. The molecule has 1 atom stereocenters. The van der Waals surface area contributed by atoms with Crippen molar-refractivity contribution in [1.29, 1.82) is 0 Å². The Morgan fingerprint density at radius 1 is 1.25 bits per heavy atom. The maximum Gasteiger partial charge on any atom is 0.227 e. The van der Waals surface area contributed by atoms with Crippen molar-refractivity contribution in [2.75, 3.05) is 19.6 Å². The lowest BCUT2D eigenvalue weighted by Gasteiger charge is -2.34. The van der Waals surface area contributed by atoms with Crippen molar-refractivity contribution in [3.8, 4) is 0 Å². The average molecular weight is 270 g/mol. The highest BCUT2D eigenvalue weighted by Crippen LogP contribution is 2.27. The summed E-state index contributed by atoms with van der Waals surface area (Å²) in [7, 11) is 0. The van der Waals surface area contributed by atoms with E-state index < -0.39 is 0 Å². The minimum Gasteiger partial charge on any atom is -0.356 e. The minimum atomic E-state index is -0.215. The van der Waals surface area contributed by atoms with Crippen molar-refractivity contribution in [3.05, 3.63) is 47.9 Å².